The van der Waals surface area contributed by atoms with Gasteiger partial charge in [-0.15, -0.1) is 0 Å². The van der Waals surface area contributed by atoms with Crippen LogP contribution >= 0.6 is 0 Å². The van der Waals surface area contributed by atoms with E-state index in [4.69, 9.17) is 0 Å². The van der Waals surface area contributed by atoms with Crippen molar-refractivity contribution in [3.63, 3.8) is 0 Å². The number of nitrogens with one attached hydrogen (secondary N) is 1. The predicted molar refractivity (Wildman–Crippen MR) is 56.1 cm³/mol. The maximum Gasteiger partial charge on any atom is 0.280 e. The lowest BCUT2D eigenvalue weighted by atomic mass is 10.1. The van der Waals surface area contributed by atoms with Crippen molar-refractivity contribution in [2.24, 2.45) is 0 Å². The highest BCUT2D eigenvalue weighted by atomic mass is 19.3. The number of benzene rings is 1. The Morgan fingerprint density at radius 3 is 2.33 bits per heavy atom. The molecule has 0 spiro atoms. The lowest BCUT2D eigenvalue weighted by molar-refractivity contribution is 0.146. The van der Waals surface area contributed by atoms with Crippen LogP contribution in [0, 0.1) is 17.5 Å². The van der Waals surface area contributed by atoms with Gasteiger partial charge < -0.3 is 5.32 Å². The SMILES string of the molecule is CNc1cc(C(F)F)nc2c(F)c(F)cc(F)c12. The molecule has 7 heteroatoms. The van der Waals surface area contributed by atoms with Crippen molar-refractivity contribution in [2.75, 3.05) is 12.4 Å². The fraction of sp³-hybridized carbons (Fsp3) is 0.182. The maximum absolute atomic E-state index is 13.5. The first-order valence-electron chi connectivity index (χ1n) is 4.89. The van der Waals surface area contributed by atoms with Gasteiger partial charge in [0, 0.05) is 18.8 Å². The fourth-order valence-electron chi connectivity index (χ4n) is 1.63. The van der Waals surface area contributed by atoms with Gasteiger partial charge in [0.15, 0.2) is 11.6 Å². The Hall–Kier alpha value is -1.92. The molecule has 2 rings (SSSR count). The number of pyridine rings is 1. The minimum atomic E-state index is -2.97. The molecule has 0 radical (unpaired) electrons. The quantitative estimate of drug-likeness (QED) is 0.660. The minimum Gasteiger partial charge on any atom is -0.387 e. The van der Waals surface area contributed by atoms with Crippen LogP contribution in [0.25, 0.3) is 10.9 Å². The molecule has 1 aromatic heterocycles. The molecule has 0 atom stereocenters. The second kappa shape index (κ2) is 4.40. The van der Waals surface area contributed by atoms with Crippen molar-refractivity contribution < 1.29 is 22.0 Å². The van der Waals surface area contributed by atoms with Crippen molar-refractivity contribution >= 4 is 16.6 Å². The molecule has 1 aromatic carbocycles. The lowest BCUT2D eigenvalue weighted by Crippen LogP contribution is -2.02. The number of hydrogen-bond acceptors (Lipinski definition) is 2. The third kappa shape index (κ3) is 1.85. The maximum atomic E-state index is 13.5. The van der Waals surface area contributed by atoms with Crippen LogP contribution in [-0.4, -0.2) is 12.0 Å². The van der Waals surface area contributed by atoms with Gasteiger partial charge in [-0.1, -0.05) is 0 Å². The largest absolute Gasteiger partial charge is 0.387 e. The molecule has 0 fully saturated rings. The fourth-order valence-corrected chi connectivity index (χ4v) is 1.63. The Morgan fingerprint density at radius 1 is 1.11 bits per heavy atom. The van der Waals surface area contributed by atoms with Gasteiger partial charge in [-0.25, -0.2) is 26.9 Å². The molecule has 0 aliphatic rings. The molecule has 0 amide bonds. The Bertz CT molecular complexity index is 612. The summed E-state index contributed by atoms with van der Waals surface area (Å²) in [5, 5.41) is 2.09. The average Bonchev–Trinajstić information content (AvgIpc) is 2.34. The summed E-state index contributed by atoms with van der Waals surface area (Å²) in [6.45, 7) is 0. The number of halogens is 5. The summed E-state index contributed by atoms with van der Waals surface area (Å²) in [6.07, 6.45) is -2.97. The van der Waals surface area contributed by atoms with E-state index in [1.807, 2.05) is 0 Å². The first kappa shape index (κ1) is 12.5. The number of aromatic nitrogens is 1. The van der Waals surface area contributed by atoms with E-state index < -0.39 is 35.1 Å². The normalized spacial score (nSPS) is 11.3. The average molecular weight is 262 g/mol. The molecule has 1 heterocycles. The van der Waals surface area contributed by atoms with Crippen LogP contribution in [0.3, 0.4) is 0 Å². The van der Waals surface area contributed by atoms with E-state index >= 15 is 0 Å². The Kier molecular flexibility index (Phi) is 3.06. The Balaban J connectivity index is 2.92. The molecule has 0 aliphatic heterocycles. The van der Waals surface area contributed by atoms with Crippen LogP contribution < -0.4 is 5.32 Å². The molecule has 0 saturated carbocycles. The topological polar surface area (TPSA) is 24.9 Å². The summed E-state index contributed by atoms with van der Waals surface area (Å²) in [7, 11) is 1.35. The van der Waals surface area contributed by atoms with Gasteiger partial charge in [-0.3, -0.25) is 0 Å². The van der Waals surface area contributed by atoms with Gasteiger partial charge >= 0.3 is 0 Å². The van der Waals surface area contributed by atoms with Gasteiger partial charge in [-0.05, 0) is 6.07 Å². The van der Waals surface area contributed by atoms with Gasteiger partial charge in [0.1, 0.15) is 17.0 Å². The van der Waals surface area contributed by atoms with E-state index in [-0.39, 0.29) is 11.1 Å². The standard InChI is InChI=1S/C11H7F5N2/c1-17-6-3-7(11(15)16)18-10-8(6)4(12)2-5(13)9(10)14/h2-3,11H,1H3,(H,17,18). The molecule has 0 aliphatic carbocycles. The smallest absolute Gasteiger partial charge is 0.280 e. The third-order valence-electron chi connectivity index (χ3n) is 2.44. The van der Waals surface area contributed by atoms with Gasteiger partial charge in [-0.2, -0.15) is 0 Å². The summed E-state index contributed by atoms with van der Waals surface area (Å²) < 4.78 is 65.1. The first-order valence-corrected chi connectivity index (χ1v) is 4.89. The van der Waals surface area contributed by atoms with Crippen molar-refractivity contribution in [3.05, 3.63) is 35.3 Å². The highest BCUT2D eigenvalue weighted by Gasteiger charge is 2.20. The number of rotatable bonds is 2. The third-order valence-corrected chi connectivity index (χ3v) is 2.44. The van der Waals surface area contributed by atoms with Crippen LogP contribution in [0.2, 0.25) is 0 Å². The van der Waals surface area contributed by atoms with Crippen molar-refractivity contribution in [3.8, 4) is 0 Å². The van der Waals surface area contributed by atoms with E-state index in [1.54, 1.807) is 0 Å². The molecule has 2 nitrogen and oxygen atoms in total. The summed E-state index contributed by atoms with van der Waals surface area (Å²) in [6, 6.07) is 1.25. The van der Waals surface area contributed by atoms with Crippen LogP contribution in [0.5, 0.6) is 0 Å². The van der Waals surface area contributed by atoms with E-state index in [1.165, 1.54) is 7.05 Å². The zero-order valence-corrected chi connectivity index (χ0v) is 9.07. The van der Waals surface area contributed by atoms with Crippen molar-refractivity contribution in [2.45, 2.75) is 6.43 Å². The second-order valence-corrected chi connectivity index (χ2v) is 3.52. The van der Waals surface area contributed by atoms with Crippen LogP contribution in [0.1, 0.15) is 12.1 Å². The van der Waals surface area contributed by atoms with Gasteiger partial charge in [0.25, 0.3) is 6.43 Å². The van der Waals surface area contributed by atoms with E-state index in [2.05, 4.69) is 10.3 Å². The molecule has 0 bridgehead atoms. The highest BCUT2D eigenvalue weighted by molar-refractivity contribution is 5.92. The summed E-state index contributed by atoms with van der Waals surface area (Å²) in [5.74, 6) is -3.99. The monoisotopic (exact) mass is 262 g/mol. The summed E-state index contributed by atoms with van der Waals surface area (Å²) in [4.78, 5) is 3.26. The van der Waals surface area contributed by atoms with E-state index in [9.17, 15) is 22.0 Å². The Labute approximate surface area is 98.4 Å². The number of anilines is 1. The van der Waals surface area contributed by atoms with Crippen LogP contribution in [-0.2, 0) is 0 Å². The predicted octanol–water partition coefficient (Wildman–Crippen LogP) is 3.63. The van der Waals surface area contributed by atoms with Gasteiger partial charge in [0.2, 0.25) is 0 Å². The first-order chi connectivity index (χ1) is 8.45. The molecule has 0 saturated heterocycles. The van der Waals surface area contributed by atoms with E-state index in [0.29, 0.717) is 6.07 Å². The molecule has 96 valence electrons. The molecular formula is C11H7F5N2. The van der Waals surface area contributed by atoms with Crippen molar-refractivity contribution in [1.82, 2.24) is 4.98 Å². The zero-order valence-electron chi connectivity index (χ0n) is 9.07. The number of alkyl halides is 2. The summed E-state index contributed by atoms with van der Waals surface area (Å²) >= 11 is 0. The molecular weight excluding hydrogens is 255 g/mol. The number of hydrogen-bond donors (Lipinski definition) is 1. The molecule has 0 unspecified atom stereocenters. The summed E-state index contributed by atoms with van der Waals surface area (Å²) in [5.41, 5.74) is -1.59. The number of nitrogens with zero attached hydrogens (tertiary/aromatic N) is 1. The van der Waals surface area contributed by atoms with Crippen molar-refractivity contribution in [1.29, 1.82) is 0 Å². The van der Waals surface area contributed by atoms with Crippen LogP contribution in [0.4, 0.5) is 27.6 Å². The van der Waals surface area contributed by atoms with Crippen LogP contribution in [0.15, 0.2) is 12.1 Å². The van der Waals surface area contributed by atoms with Gasteiger partial charge in [0.05, 0.1) is 5.39 Å². The molecule has 2 aromatic rings. The number of fused-ring (bicyclic) bond motifs is 1. The molecule has 1 N–H and O–H groups in total. The Morgan fingerprint density at radius 2 is 1.78 bits per heavy atom. The van der Waals surface area contributed by atoms with E-state index in [0.717, 1.165) is 6.07 Å². The molecule has 18 heavy (non-hydrogen) atoms. The zero-order chi connectivity index (χ0) is 13.4. The minimum absolute atomic E-state index is 0.0771. The lowest BCUT2D eigenvalue weighted by Gasteiger charge is -2.10. The highest BCUT2D eigenvalue weighted by Crippen LogP contribution is 2.31. The second-order valence-electron chi connectivity index (χ2n) is 3.52.